The van der Waals surface area contributed by atoms with Crippen LogP contribution in [0.25, 0.3) is 10.9 Å². The standard InChI is InChI=1S/C26H31ClFN5O6S/c1-37-24-14-23-20(26(30-15-29-23)31-17-2-7-22(28)21(27)12-17)13-25(24)39-19-5-3-18(4-6-19)33(16-40(34,35)36)32-8-10-38-11-9-32/h2,7,12-15,18-19H,3-6,8-11,16H2,1H3,(H,29,30,31)(H,34,35,36). The second-order valence-electron chi connectivity index (χ2n) is 9.76. The van der Waals surface area contributed by atoms with Gasteiger partial charge in [-0.2, -0.15) is 8.42 Å². The smallest absolute Gasteiger partial charge is 0.279 e. The quantitative estimate of drug-likeness (QED) is 0.345. The fourth-order valence-corrected chi connectivity index (χ4v) is 6.05. The topological polar surface area (TPSA) is 126 Å². The van der Waals surface area contributed by atoms with Crippen molar-refractivity contribution < 1.29 is 31.6 Å². The number of ether oxygens (including phenoxy) is 3. The van der Waals surface area contributed by atoms with E-state index in [0.717, 1.165) is 0 Å². The first-order valence-electron chi connectivity index (χ1n) is 13.0. The predicted octanol–water partition coefficient (Wildman–Crippen LogP) is 4.26. The monoisotopic (exact) mass is 595 g/mol. The molecule has 0 bridgehead atoms. The first-order valence-corrected chi connectivity index (χ1v) is 14.9. The van der Waals surface area contributed by atoms with Gasteiger partial charge in [0.15, 0.2) is 11.5 Å². The number of halogens is 2. The molecule has 0 radical (unpaired) electrons. The summed E-state index contributed by atoms with van der Waals surface area (Å²) in [6.45, 7) is 2.17. The Kier molecular flexibility index (Phi) is 8.88. The van der Waals surface area contributed by atoms with Crippen LogP contribution in [-0.2, 0) is 14.9 Å². The summed E-state index contributed by atoms with van der Waals surface area (Å²) in [4.78, 5) is 8.71. The van der Waals surface area contributed by atoms with Crippen molar-refractivity contribution >= 4 is 44.1 Å². The minimum absolute atomic E-state index is 0.00608. The summed E-state index contributed by atoms with van der Waals surface area (Å²) < 4.78 is 64.1. The van der Waals surface area contributed by atoms with Crippen LogP contribution in [0.3, 0.4) is 0 Å². The molecule has 2 heterocycles. The van der Waals surface area contributed by atoms with Crippen molar-refractivity contribution in [1.82, 2.24) is 20.0 Å². The first kappa shape index (κ1) is 28.7. The minimum atomic E-state index is -4.19. The van der Waals surface area contributed by atoms with Gasteiger partial charge in [-0.05, 0) is 49.9 Å². The molecule has 40 heavy (non-hydrogen) atoms. The Morgan fingerprint density at radius 3 is 2.58 bits per heavy atom. The molecular formula is C26H31ClFN5O6S. The van der Waals surface area contributed by atoms with Crippen LogP contribution in [0.15, 0.2) is 36.7 Å². The van der Waals surface area contributed by atoms with Crippen molar-refractivity contribution in [3.63, 3.8) is 0 Å². The fourth-order valence-electron chi connectivity index (χ4n) is 5.16. The Bertz CT molecular complexity index is 1450. The molecule has 1 saturated carbocycles. The summed E-state index contributed by atoms with van der Waals surface area (Å²) in [7, 11) is -2.64. The molecule has 0 atom stereocenters. The van der Waals surface area contributed by atoms with E-state index in [-0.39, 0.29) is 17.2 Å². The maximum absolute atomic E-state index is 13.6. The van der Waals surface area contributed by atoms with Crippen LogP contribution < -0.4 is 14.8 Å². The molecule has 1 aliphatic carbocycles. The third-order valence-corrected chi connectivity index (χ3v) is 7.99. The summed E-state index contributed by atoms with van der Waals surface area (Å²) in [6.07, 6.45) is 4.04. The van der Waals surface area contributed by atoms with Gasteiger partial charge in [0.2, 0.25) is 0 Å². The highest BCUT2D eigenvalue weighted by atomic mass is 35.5. The van der Waals surface area contributed by atoms with Crippen molar-refractivity contribution in [1.29, 1.82) is 0 Å². The van der Waals surface area contributed by atoms with Crippen molar-refractivity contribution in [2.75, 3.05) is 44.6 Å². The average molecular weight is 596 g/mol. The number of hydrazine groups is 1. The number of rotatable bonds is 9. The number of benzene rings is 2. The predicted molar refractivity (Wildman–Crippen MR) is 148 cm³/mol. The Balaban J connectivity index is 1.32. The number of nitrogens with one attached hydrogen (secondary N) is 1. The van der Waals surface area contributed by atoms with Crippen molar-refractivity contribution in [2.24, 2.45) is 0 Å². The largest absolute Gasteiger partial charge is 0.493 e. The number of hydrogen-bond donors (Lipinski definition) is 2. The van der Waals surface area contributed by atoms with E-state index in [0.29, 0.717) is 85.9 Å². The first-order chi connectivity index (χ1) is 19.2. The van der Waals surface area contributed by atoms with Gasteiger partial charge < -0.3 is 19.5 Å². The van der Waals surface area contributed by atoms with Crippen LogP contribution in [0.1, 0.15) is 25.7 Å². The molecule has 3 aromatic rings. The molecule has 0 amide bonds. The molecule has 0 unspecified atom stereocenters. The zero-order chi connectivity index (χ0) is 28.3. The summed E-state index contributed by atoms with van der Waals surface area (Å²) in [5, 5.41) is 7.56. The van der Waals surface area contributed by atoms with E-state index < -0.39 is 21.8 Å². The summed E-state index contributed by atoms with van der Waals surface area (Å²) in [5.41, 5.74) is 1.20. The van der Waals surface area contributed by atoms with E-state index in [4.69, 9.17) is 25.8 Å². The Labute approximate surface area is 236 Å². The molecular weight excluding hydrogens is 565 g/mol. The van der Waals surface area contributed by atoms with E-state index in [9.17, 15) is 17.4 Å². The van der Waals surface area contributed by atoms with Gasteiger partial charge in [0.25, 0.3) is 10.1 Å². The summed E-state index contributed by atoms with van der Waals surface area (Å²) >= 11 is 5.94. The Morgan fingerprint density at radius 2 is 1.90 bits per heavy atom. The Morgan fingerprint density at radius 1 is 1.15 bits per heavy atom. The molecule has 2 aliphatic rings. The lowest BCUT2D eigenvalue weighted by Crippen LogP contribution is -2.55. The highest BCUT2D eigenvalue weighted by Crippen LogP contribution is 2.37. The van der Waals surface area contributed by atoms with Crippen LogP contribution in [0.5, 0.6) is 11.5 Å². The number of nitrogens with zero attached hydrogens (tertiary/aromatic N) is 4. The van der Waals surface area contributed by atoms with Gasteiger partial charge >= 0.3 is 0 Å². The van der Waals surface area contributed by atoms with Crippen molar-refractivity contribution in [3.8, 4) is 11.5 Å². The lowest BCUT2D eigenvalue weighted by Gasteiger charge is -2.43. The summed E-state index contributed by atoms with van der Waals surface area (Å²) in [6, 6.07) is 7.85. The molecule has 2 aromatic carbocycles. The molecule has 2 fully saturated rings. The van der Waals surface area contributed by atoms with Crippen LogP contribution in [0.2, 0.25) is 5.02 Å². The van der Waals surface area contributed by atoms with Gasteiger partial charge in [-0.15, -0.1) is 0 Å². The third-order valence-electron chi connectivity index (χ3n) is 7.11. The van der Waals surface area contributed by atoms with E-state index in [1.807, 2.05) is 11.1 Å². The number of methoxy groups -OCH3 is 1. The zero-order valence-electron chi connectivity index (χ0n) is 21.9. The molecule has 1 aliphatic heterocycles. The highest BCUT2D eigenvalue weighted by molar-refractivity contribution is 7.85. The molecule has 1 saturated heterocycles. The number of fused-ring (bicyclic) bond motifs is 1. The van der Waals surface area contributed by atoms with E-state index in [1.54, 1.807) is 24.3 Å². The Hall–Kier alpha value is -2.81. The van der Waals surface area contributed by atoms with Gasteiger partial charge in [-0.3, -0.25) is 4.55 Å². The lowest BCUT2D eigenvalue weighted by atomic mass is 9.92. The minimum Gasteiger partial charge on any atom is -0.493 e. The second-order valence-corrected chi connectivity index (χ2v) is 11.6. The third kappa shape index (κ3) is 6.90. The zero-order valence-corrected chi connectivity index (χ0v) is 23.5. The van der Waals surface area contributed by atoms with E-state index in [1.165, 1.54) is 18.5 Å². The van der Waals surface area contributed by atoms with Gasteiger partial charge in [0.05, 0.1) is 37.0 Å². The normalized spacial score (nSPS) is 20.5. The molecule has 0 spiro atoms. The molecule has 5 rings (SSSR count). The van der Waals surface area contributed by atoms with Gasteiger partial charge in [0.1, 0.15) is 23.8 Å². The van der Waals surface area contributed by atoms with Gasteiger partial charge in [0, 0.05) is 36.3 Å². The van der Waals surface area contributed by atoms with Crippen LogP contribution in [-0.4, -0.2) is 84.4 Å². The molecule has 216 valence electrons. The average Bonchev–Trinajstić information content (AvgIpc) is 2.94. The molecule has 2 N–H and O–H groups in total. The maximum atomic E-state index is 13.6. The number of morpholine rings is 1. The fraction of sp³-hybridized carbons (Fsp3) is 0.462. The van der Waals surface area contributed by atoms with Crippen LogP contribution in [0.4, 0.5) is 15.9 Å². The number of aromatic nitrogens is 2. The van der Waals surface area contributed by atoms with E-state index >= 15 is 0 Å². The SMILES string of the molecule is COc1cc2ncnc(Nc3ccc(F)c(Cl)c3)c2cc1OC1CCC(N(CS(=O)(=O)O)N2CCOCC2)CC1. The van der Waals surface area contributed by atoms with Crippen molar-refractivity contribution in [3.05, 3.63) is 47.5 Å². The lowest BCUT2D eigenvalue weighted by molar-refractivity contribution is -0.113. The summed E-state index contributed by atoms with van der Waals surface area (Å²) in [5.74, 6) is 0.578. The maximum Gasteiger partial charge on any atom is 0.279 e. The molecule has 14 heteroatoms. The van der Waals surface area contributed by atoms with Crippen molar-refractivity contribution in [2.45, 2.75) is 37.8 Å². The molecule has 11 nitrogen and oxygen atoms in total. The number of anilines is 2. The van der Waals surface area contributed by atoms with Crippen LogP contribution in [0, 0.1) is 5.82 Å². The second kappa shape index (κ2) is 12.4. The van der Waals surface area contributed by atoms with Crippen LogP contribution >= 0.6 is 11.6 Å². The van der Waals surface area contributed by atoms with Gasteiger partial charge in [-0.25, -0.2) is 24.4 Å². The highest BCUT2D eigenvalue weighted by Gasteiger charge is 2.33. The van der Waals surface area contributed by atoms with Gasteiger partial charge in [-0.1, -0.05) is 11.6 Å². The molecule has 1 aromatic heterocycles. The number of hydrogen-bond acceptors (Lipinski definition) is 10. The van der Waals surface area contributed by atoms with E-state index in [2.05, 4.69) is 15.3 Å².